The van der Waals surface area contributed by atoms with Crippen LogP contribution >= 0.6 is 11.8 Å². The standard InChI is InChI=1S/C17H18N2O2S/c1-12(2)18-16(20)17(21)19-14-10-6-7-11-15(14)22-13-8-4-3-5-9-13/h3-12H,1-2H3,(H,18,20)(H,19,21). The number of anilines is 1. The minimum absolute atomic E-state index is 0.0767. The highest BCUT2D eigenvalue weighted by Crippen LogP contribution is 2.33. The molecule has 2 N–H and O–H groups in total. The fourth-order valence-corrected chi connectivity index (χ4v) is 2.70. The van der Waals surface area contributed by atoms with E-state index in [2.05, 4.69) is 10.6 Å². The molecule has 0 unspecified atom stereocenters. The van der Waals surface area contributed by atoms with Crippen molar-refractivity contribution in [3.8, 4) is 0 Å². The predicted molar refractivity (Wildman–Crippen MR) is 88.9 cm³/mol. The van der Waals surface area contributed by atoms with E-state index in [4.69, 9.17) is 0 Å². The Morgan fingerprint density at radius 3 is 2.23 bits per heavy atom. The van der Waals surface area contributed by atoms with Gasteiger partial charge in [-0.25, -0.2) is 0 Å². The molecule has 0 aliphatic rings. The monoisotopic (exact) mass is 314 g/mol. The second-order valence-corrected chi connectivity index (χ2v) is 6.11. The fraction of sp³-hybridized carbons (Fsp3) is 0.176. The first-order valence-corrected chi connectivity index (χ1v) is 7.81. The minimum atomic E-state index is -0.658. The average Bonchev–Trinajstić information content (AvgIpc) is 2.49. The second kappa shape index (κ2) is 7.66. The van der Waals surface area contributed by atoms with Crippen LogP contribution < -0.4 is 10.6 Å². The molecule has 22 heavy (non-hydrogen) atoms. The SMILES string of the molecule is CC(C)NC(=O)C(=O)Nc1ccccc1Sc1ccccc1. The van der Waals surface area contributed by atoms with Crippen LogP contribution in [0.4, 0.5) is 5.69 Å². The van der Waals surface area contributed by atoms with Crippen molar-refractivity contribution < 1.29 is 9.59 Å². The molecule has 0 aliphatic carbocycles. The van der Waals surface area contributed by atoms with Gasteiger partial charge in [-0.2, -0.15) is 0 Å². The lowest BCUT2D eigenvalue weighted by Crippen LogP contribution is -2.39. The van der Waals surface area contributed by atoms with Crippen LogP contribution in [0.25, 0.3) is 0 Å². The van der Waals surface area contributed by atoms with Crippen molar-refractivity contribution >= 4 is 29.3 Å². The lowest BCUT2D eigenvalue weighted by atomic mass is 10.3. The Bertz CT molecular complexity index is 657. The molecular formula is C17H18N2O2S. The number of amides is 2. The van der Waals surface area contributed by atoms with Gasteiger partial charge in [-0.3, -0.25) is 9.59 Å². The third-order valence-electron chi connectivity index (χ3n) is 2.73. The molecule has 5 heteroatoms. The number of nitrogens with one attached hydrogen (secondary N) is 2. The third kappa shape index (κ3) is 4.63. The summed E-state index contributed by atoms with van der Waals surface area (Å²) in [7, 11) is 0. The Balaban J connectivity index is 2.11. The second-order valence-electron chi connectivity index (χ2n) is 4.99. The number of benzene rings is 2. The van der Waals surface area contributed by atoms with Crippen LogP contribution in [-0.2, 0) is 9.59 Å². The Morgan fingerprint density at radius 2 is 1.55 bits per heavy atom. The molecule has 0 saturated heterocycles. The third-order valence-corrected chi connectivity index (χ3v) is 3.82. The lowest BCUT2D eigenvalue weighted by Gasteiger charge is -2.12. The number of hydrogen-bond acceptors (Lipinski definition) is 3. The highest BCUT2D eigenvalue weighted by atomic mass is 32.2. The van der Waals surface area contributed by atoms with E-state index in [-0.39, 0.29) is 6.04 Å². The number of rotatable bonds is 4. The Morgan fingerprint density at radius 1 is 0.909 bits per heavy atom. The van der Waals surface area contributed by atoms with Crippen molar-refractivity contribution in [2.75, 3.05) is 5.32 Å². The molecule has 2 rings (SSSR count). The van der Waals surface area contributed by atoms with Gasteiger partial charge < -0.3 is 10.6 Å². The van der Waals surface area contributed by atoms with Crippen LogP contribution in [0.1, 0.15) is 13.8 Å². The number of para-hydroxylation sites is 1. The molecule has 0 fully saturated rings. The molecule has 0 bridgehead atoms. The van der Waals surface area contributed by atoms with E-state index < -0.39 is 11.8 Å². The molecule has 2 amide bonds. The molecule has 0 heterocycles. The van der Waals surface area contributed by atoms with Gasteiger partial charge >= 0.3 is 11.8 Å². The van der Waals surface area contributed by atoms with Crippen LogP contribution in [0.15, 0.2) is 64.4 Å². The molecule has 4 nitrogen and oxygen atoms in total. The van der Waals surface area contributed by atoms with Crippen LogP contribution in [-0.4, -0.2) is 17.9 Å². The van der Waals surface area contributed by atoms with Gasteiger partial charge in [-0.1, -0.05) is 42.1 Å². The maximum absolute atomic E-state index is 11.9. The number of carbonyl (C=O) groups excluding carboxylic acids is 2. The summed E-state index contributed by atoms with van der Waals surface area (Å²) < 4.78 is 0. The van der Waals surface area contributed by atoms with Gasteiger partial charge in [-0.15, -0.1) is 0 Å². The molecule has 114 valence electrons. The van der Waals surface area contributed by atoms with Gasteiger partial charge in [0.25, 0.3) is 0 Å². The van der Waals surface area contributed by atoms with Crippen molar-refractivity contribution in [2.24, 2.45) is 0 Å². The van der Waals surface area contributed by atoms with E-state index in [1.54, 1.807) is 6.07 Å². The molecule has 0 radical (unpaired) electrons. The molecule has 2 aromatic carbocycles. The van der Waals surface area contributed by atoms with Crippen LogP contribution in [0.3, 0.4) is 0 Å². The number of hydrogen-bond donors (Lipinski definition) is 2. The van der Waals surface area contributed by atoms with Crippen molar-refractivity contribution in [3.63, 3.8) is 0 Å². The summed E-state index contributed by atoms with van der Waals surface area (Å²) in [5, 5.41) is 5.24. The zero-order chi connectivity index (χ0) is 15.9. The van der Waals surface area contributed by atoms with Gasteiger partial charge in [0.15, 0.2) is 0 Å². The Kier molecular flexibility index (Phi) is 5.61. The molecule has 0 aromatic heterocycles. The molecule has 0 saturated carbocycles. The van der Waals surface area contributed by atoms with Crippen molar-refractivity contribution in [3.05, 3.63) is 54.6 Å². The summed E-state index contributed by atoms with van der Waals surface area (Å²) in [5.74, 6) is -1.29. The first-order chi connectivity index (χ1) is 10.6. The first kappa shape index (κ1) is 16.1. The lowest BCUT2D eigenvalue weighted by molar-refractivity contribution is -0.136. The summed E-state index contributed by atoms with van der Waals surface area (Å²) in [6.45, 7) is 3.62. The van der Waals surface area contributed by atoms with Crippen molar-refractivity contribution in [1.29, 1.82) is 0 Å². The molecule has 0 aliphatic heterocycles. The summed E-state index contributed by atoms with van der Waals surface area (Å²) in [6.07, 6.45) is 0. The zero-order valence-electron chi connectivity index (χ0n) is 12.5. The topological polar surface area (TPSA) is 58.2 Å². The van der Waals surface area contributed by atoms with Crippen molar-refractivity contribution in [2.45, 2.75) is 29.7 Å². The van der Waals surface area contributed by atoms with Gasteiger partial charge in [0.1, 0.15) is 0 Å². The maximum atomic E-state index is 11.9. The van der Waals surface area contributed by atoms with Gasteiger partial charge in [-0.05, 0) is 38.1 Å². The van der Waals surface area contributed by atoms with Gasteiger partial charge in [0, 0.05) is 15.8 Å². The predicted octanol–water partition coefficient (Wildman–Crippen LogP) is 3.30. The Labute approximate surface area is 134 Å². The van der Waals surface area contributed by atoms with Crippen LogP contribution in [0.5, 0.6) is 0 Å². The van der Waals surface area contributed by atoms with E-state index in [1.165, 1.54) is 11.8 Å². The molecular weight excluding hydrogens is 296 g/mol. The molecule has 0 atom stereocenters. The van der Waals surface area contributed by atoms with Gasteiger partial charge in [0.05, 0.1) is 5.69 Å². The fourth-order valence-electron chi connectivity index (χ4n) is 1.78. The quantitative estimate of drug-likeness (QED) is 0.851. The highest BCUT2D eigenvalue weighted by Gasteiger charge is 2.16. The van der Waals surface area contributed by atoms with E-state index in [1.807, 2.05) is 62.4 Å². The smallest absolute Gasteiger partial charge is 0.313 e. The van der Waals surface area contributed by atoms with E-state index in [0.29, 0.717) is 5.69 Å². The largest absolute Gasteiger partial charge is 0.346 e. The molecule has 0 spiro atoms. The average molecular weight is 314 g/mol. The van der Waals surface area contributed by atoms with Crippen LogP contribution in [0, 0.1) is 0 Å². The molecule has 2 aromatic rings. The number of carbonyl (C=O) groups is 2. The van der Waals surface area contributed by atoms with Crippen molar-refractivity contribution in [1.82, 2.24) is 5.32 Å². The maximum Gasteiger partial charge on any atom is 0.313 e. The van der Waals surface area contributed by atoms with E-state index in [0.717, 1.165) is 9.79 Å². The first-order valence-electron chi connectivity index (χ1n) is 7.00. The summed E-state index contributed by atoms with van der Waals surface area (Å²) >= 11 is 1.54. The summed E-state index contributed by atoms with van der Waals surface area (Å²) in [6, 6.07) is 17.2. The van der Waals surface area contributed by atoms with E-state index in [9.17, 15) is 9.59 Å². The normalized spacial score (nSPS) is 10.3. The van der Waals surface area contributed by atoms with Gasteiger partial charge in [0.2, 0.25) is 0 Å². The van der Waals surface area contributed by atoms with E-state index >= 15 is 0 Å². The van der Waals surface area contributed by atoms with Crippen LogP contribution in [0.2, 0.25) is 0 Å². The minimum Gasteiger partial charge on any atom is -0.346 e. The summed E-state index contributed by atoms with van der Waals surface area (Å²) in [5.41, 5.74) is 0.625. The zero-order valence-corrected chi connectivity index (χ0v) is 13.3. The summed E-state index contributed by atoms with van der Waals surface area (Å²) in [4.78, 5) is 25.6. The Hall–Kier alpha value is -2.27. The highest BCUT2D eigenvalue weighted by molar-refractivity contribution is 7.99.